The van der Waals surface area contributed by atoms with E-state index in [2.05, 4.69) is 29.5 Å². The Kier molecular flexibility index (Phi) is 5.06. The molecular weight excluding hydrogens is 286 g/mol. The first-order valence-electron chi connectivity index (χ1n) is 7.92. The second-order valence-electron chi connectivity index (χ2n) is 5.20. The first-order chi connectivity index (χ1) is 11.4. The third-order valence-corrected chi connectivity index (χ3v) is 3.55. The van der Waals surface area contributed by atoms with Crippen LogP contribution in [0.4, 0.5) is 0 Å². The van der Waals surface area contributed by atoms with E-state index in [0.717, 1.165) is 29.9 Å². The monoisotopic (exact) mass is 307 g/mol. The number of nitrogens with one attached hydrogen (secondary N) is 1. The molecule has 1 heterocycles. The van der Waals surface area contributed by atoms with Crippen LogP contribution in [0.1, 0.15) is 6.92 Å². The highest BCUT2D eigenvalue weighted by atomic mass is 16.5. The van der Waals surface area contributed by atoms with Crippen molar-refractivity contribution >= 4 is 0 Å². The highest BCUT2D eigenvalue weighted by Gasteiger charge is 2.13. The van der Waals surface area contributed by atoms with Gasteiger partial charge in [0.2, 0.25) is 5.88 Å². The molecule has 0 radical (unpaired) electrons. The van der Waals surface area contributed by atoms with Gasteiger partial charge < -0.3 is 10.1 Å². The Morgan fingerprint density at radius 3 is 2.39 bits per heavy atom. The summed E-state index contributed by atoms with van der Waals surface area (Å²) in [6.07, 6.45) is 2.02. The van der Waals surface area contributed by atoms with Crippen LogP contribution in [-0.4, -0.2) is 29.5 Å². The summed E-state index contributed by atoms with van der Waals surface area (Å²) in [6, 6.07) is 20.3. The van der Waals surface area contributed by atoms with Crippen LogP contribution in [0.2, 0.25) is 0 Å². The number of rotatable bonds is 7. The third-order valence-electron chi connectivity index (χ3n) is 3.55. The summed E-state index contributed by atoms with van der Waals surface area (Å²) in [5.74, 6) is 0.665. The van der Waals surface area contributed by atoms with Crippen molar-refractivity contribution in [2.45, 2.75) is 6.92 Å². The number of likely N-dealkylation sites (N-methyl/N-ethyl adjacent to an activating group) is 1. The molecule has 3 aromatic rings. The van der Waals surface area contributed by atoms with Crippen LogP contribution < -0.4 is 10.1 Å². The van der Waals surface area contributed by atoms with Crippen LogP contribution in [0.25, 0.3) is 16.8 Å². The molecule has 0 aliphatic carbocycles. The van der Waals surface area contributed by atoms with Crippen molar-refractivity contribution in [1.82, 2.24) is 15.1 Å². The molecule has 118 valence electrons. The van der Waals surface area contributed by atoms with Gasteiger partial charge in [0, 0.05) is 12.7 Å². The molecule has 1 aromatic heterocycles. The Balaban J connectivity index is 1.90. The largest absolute Gasteiger partial charge is 0.475 e. The van der Waals surface area contributed by atoms with Gasteiger partial charge in [-0.1, -0.05) is 55.5 Å². The zero-order valence-electron chi connectivity index (χ0n) is 13.3. The first kappa shape index (κ1) is 15.3. The van der Waals surface area contributed by atoms with Gasteiger partial charge in [0.25, 0.3) is 0 Å². The number of hydrogen-bond donors (Lipinski definition) is 1. The average molecular weight is 307 g/mol. The van der Waals surface area contributed by atoms with Crippen LogP contribution in [0.5, 0.6) is 5.88 Å². The van der Waals surface area contributed by atoms with Crippen molar-refractivity contribution in [1.29, 1.82) is 0 Å². The second kappa shape index (κ2) is 7.61. The van der Waals surface area contributed by atoms with Gasteiger partial charge in [-0.05, 0) is 24.2 Å². The fraction of sp³-hybridized carbons (Fsp3) is 0.211. The normalized spacial score (nSPS) is 10.7. The number of benzene rings is 2. The zero-order chi connectivity index (χ0) is 15.9. The summed E-state index contributed by atoms with van der Waals surface area (Å²) in [5, 5.41) is 7.88. The van der Waals surface area contributed by atoms with E-state index in [-0.39, 0.29) is 0 Å². The maximum atomic E-state index is 5.90. The lowest BCUT2D eigenvalue weighted by Crippen LogP contribution is -2.20. The molecule has 0 saturated carbocycles. The zero-order valence-corrected chi connectivity index (χ0v) is 13.3. The fourth-order valence-electron chi connectivity index (χ4n) is 2.39. The molecule has 0 amide bonds. The van der Waals surface area contributed by atoms with E-state index in [1.165, 1.54) is 0 Å². The van der Waals surface area contributed by atoms with Crippen molar-refractivity contribution in [3.05, 3.63) is 66.9 Å². The molecule has 0 unspecified atom stereocenters. The summed E-state index contributed by atoms with van der Waals surface area (Å²) in [7, 11) is 0. The Bertz CT molecular complexity index is 723. The summed E-state index contributed by atoms with van der Waals surface area (Å²) < 4.78 is 7.77. The van der Waals surface area contributed by atoms with E-state index in [0.29, 0.717) is 12.5 Å². The van der Waals surface area contributed by atoms with Gasteiger partial charge in [-0.15, -0.1) is 5.10 Å². The molecular formula is C19H21N3O. The van der Waals surface area contributed by atoms with Crippen LogP contribution in [0.3, 0.4) is 0 Å². The smallest absolute Gasteiger partial charge is 0.241 e. The molecule has 1 N–H and O–H groups in total. The van der Waals surface area contributed by atoms with Crippen LogP contribution in [0.15, 0.2) is 66.9 Å². The van der Waals surface area contributed by atoms with Gasteiger partial charge in [0.15, 0.2) is 0 Å². The Morgan fingerprint density at radius 1 is 1.00 bits per heavy atom. The molecule has 0 aliphatic rings. The molecule has 0 spiro atoms. The summed E-state index contributed by atoms with van der Waals surface area (Å²) in [4.78, 5) is 0. The maximum Gasteiger partial charge on any atom is 0.241 e. The molecule has 0 atom stereocenters. The van der Waals surface area contributed by atoms with E-state index in [1.807, 2.05) is 59.4 Å². The lowest BCUT2D eigenvalue weighted by atomic mass is 10.1. The van der Waals surface area contributed by atoms with Crippen molar-refractivity contribution in [2.75, 3.05) is 19.7 Å². The molecule has 3 rings (SSSR count). The van der Waals surface area contributed by atoms with Crippen molar-refractivity contribution in [3.8, 4) is 22.7 Å². The predicted octanol–water partition coefficient (Wildman–Crippen LogP) is 3.53. The van der Waals surface area contributed by atoms with Gasteiger partial charge in [-0.2, -0.15) is 0 Å². The molecule has 0 fully saturated rings. The first-order valence-corrected chi connectivity index (χ1v) is 7.92. The third kappa shape index (κ3) is 3.79. The number of aromatic nitrogens is 2. The Hall–Kier alpha value is -2.59. The van der Waals surface area contributed by atoms with E-state index < -0.39 is 0 Å². The topological polar surface area (TPSA) is 39.1 Å². The van der Waals surface area contributed by atoms with E-state index in [4.69, 9.17) is 4.74 Å². The molecule has 4 nitrogen and oxygen atoms in total. The van der Waals surface area contributed by atoms with E-state index in [9.17, 15) is 0 Å². The number of para-hydroxylation sites is 1. The van der Waals surface area contributed by atoms with Gasteiger partial charge in [-0.3, -0.25) is 0 Å². The fourth-order valence-corrected chi connectivity index (χ4v) is 2.39. The number of hydrogen-bond acceptors (Lipinski definition) is 3. The van der Waals surface area contributed by atoms with E-state index >= 15 is 0 Å². The highest BCUT2D eigenvalue weighted by molar-refractivity contribution is 5.68. The van der Waals surface area contributed by atoms with Crippen molar-refractivity contribution < 1.29 is 4.74 Å². The number of nitrogens with zero attached hydrogens (tertiary/aromatic N) is 2. The van der Waals surface area contributed by atoms with Crippen molar-refractivity contribution in [2.24, 2.45) is 0 Å². The molecule has 0 aliphatic heterocycles. The summed E-state index contributed by atoms with van der Waals surface area (Å²) >= 11 is 0. The van der Waals surface area contributed by atoms with Gasteiger partial charge in [0.05, 0.1) is 11.3 Å². The van der Waals surface area contributed by atoms with E-state index in [1.54, 1.807) is 0 Å². The summed E-state index contributed by atoms with van der Waals surface area (Å²) in [5.41, 5.74) is 3.13. The summed E-state index contributed by atoms with van der Waals surface area (Å²) in [6.45, 7) is 4.43. The Labute approximate surface area is 136 Å². The van der Waals surface area contributed by atoms with Gasteiger partial charge in [-0.25, -0.2) is 4.68 Å². The molecule has 2 aromatic carbocycles. The minimum Gasteiger partial charge on any atom is -0.475 e. The van der Waals surface area contributed by atoms with Crippen LogP contribution >= 0.6 is 0 Å². The van der Waals surface area contributed by atoms with Crippen LogP contribution in [0, 0.1) is 0 Å². The van der Waals surface area contributed by atoms with Crippen molar-refractivity contribution in [3.63, 3.8) is 0 Å². The highest BCUT2D eigenvalue weighted by Crippen LogP contribution is 2.29. The van der Waals surface area contributed by atoms with Gasteiger partial charge in [0.1, 0.15) is 6.61 Å². The minimum atomic E-state index is 0.597. The molecule has 4 heteroatoms. The predicted molar refractivity (Wildman–Crippen MR) is 93.0 cm³/mol. The van der Waals surface area contributed by atoms with Gasteiger partial charge >= 0.3 is 0 Å². The van der Waals surface area contributed by atoms with Crippen LogP contribution in [-0.2, 0) is 0 Å². The lowest BCUT2D eigenvalue weighted by molar-refractivity contribution is 0.303. The molecule has 0 bridgehead atoms. The standard InChI is InChI=1S/C19H21N3O/c1-2-20-13-14-23-19-18(16-9-5-3-6-10-16)15-22(21-19)17-11-7-4-8-12-17/h3-12,15,20H,2,13-14H2,1H3. The SMILES string of the molecule is CCNCCOc1nn(-c2ccccc2)cc1-c1ccccc1. The second-order valence-corrected chi connectivity index (χ2v) is 5.20. The minimum absolute atomic E-state index is 0.597. The quantitative estimate of drug-likeness (QED) is 0.679. The Morgan fingerprint density at radius 2 is 1.70 bits per heavy atom. The lowest BCUT2D eigenvalue weighted by Gasteiger charge is -2.06. The molecule has 0 saturated heterocycles. The molecule has 23 heavy (non-hydrogen) atoms. The number of ether oxygens (including phenoxy) is 1. The maximum absolute atomic E-state index is 5.90. The average Bonchev–Trinajstić information content (AvgIpc) is 3.04.